The molecule has 5 heteroatoms. The predicted molar refractivity (Wildman–Crippen MR) is 82.5 cm³/mol. The molecule has 0 atom stereocenters. The second kappa shape index (κ2) is 5.09. The van der Waals surface area contributed by atoms with E-state index in [2.05, 4.69) is 9.88 Å². The number of nitrogens with zero attached hydrogens (tertiary/aromatic N) is 3. The molecule has 5 nitrogen and oxygen atoms in total. The fourth-order valence-electron chi connectivity index (χ4n) is 2.95. The van der Waals surface area contributed by atoms with Gasteiger partial charge in [0.05, 0.1) is 12.7 Å². The van der Waals surface area contributed by atoms with Crippen LogP contribution in [0, 0.1) is 0 Å². The largest absolute Gasteiger partial charge is 0.465 e. The molecule has 2 aliphatic rings. The highest BCUT2D eigenvalue weighted by Gasteiger charge is 2.28. The fourth-order valence-corrected chi connectivity index (χ4v) is 2.95. The molecule has 0 amide bonds. The van der Waals surface area contributed by atoms with Crippen molar-refractivity contribution in [1.82, 2.24) is 9.97 Å². The Morgan fingerprint density at radius 2 is 2.18 bits per heavy atom. The van der Waals surface area contributed by atoms with E-state index in [4.69, 9.17) is 9.72 Å². The van der Waals surface area contributed by atoms with Crippen molar-refractivity contribution in [3.05, 3.63) is 47.3 Å². The van der Waals surface area contributed by atoms with Gasteiger partial charge in [0.15, 0.2) is 0 Å². The maximum absolute atomic E-state index is 11.6. The van der Waals surface area contributed by atoms with Crippen LogP contribution in [0.1, 0.15) is 40.4 Å². The van der Waals surface area contributed by atoms with Crippen LogP contribution in [0.2, 0.25) is 0 Å². The molecule has 0 saturated heterocycles. The van der Waals surface area contributed by atoms with E-state index >= 15 is 0 Å². The second-order valence-electron chi connectivity index (χ2n) is 5.79. The first-order valence-corrected chi connectivity index (χ1v) is 7.58. The van der Waals surface area contributed by atoms with Crippen LogP contribution < -0.4 is 4.90 Å². The lowest BCUT2D eigenvalue weighted by atomic mass is 10.1. The van der Waals surface area contributed by atoms with E-state index in [1.807, 2.05) is 24.4 Å². The molecule has 22 heavy (non-hydrogen) atoms. The minimum absolute atomic E-state index is 0.298. The number of benzene rings is 1. The minimum atomic E-state index is -0.298. The Hall–Kier alpha value is -2.43. The molecule has 112 valence electrons. The number of rotatable bonds is 3. The zero-order valence-electron chi connectivity index (χ0n) is 12.5. The summed E-state index contributed by atoms with van der Waals surface area (Å²) in [5.74, 6) is 1.08. The Morgan fingerprint density at radius 1 is 1.32 bits per heavy atom. The molecule has 1 aliphatic carbocycles. The van der Waals surface area contributed by atoms with Crippen molar-refractivity contribution in [1.29, 1.82) is 0 Å². The molecule has 2 heterocycles. The zero-order valence-corrected chi connectivity index (χ0v) is 12.5. The normalized spacial score (nSPS) is 16.5. The van der Waals surface area contributed by atoms with E-state index in [0.717, 1.165) is 35.9 Å². The average molecular weight is 295 g/mol. The van der Waals surface area contributed by atoms with Gasteiger partial charge in [0.2, 0.25) is 5.95 Å². The van der Waals surface area contributed by atoms with Gasteiger partial charge in [-0.05, 0) is 49.1 Å². The summed E-state index contributed by atoms with van der Waals surface area (Å²) in [5.41, 5.74) is 3.96. The summed E-state index contributed by atoms with van der Waals surface area (Å²) in [5, 5.41) is 0. The predicted octanol–water partition coefficient (Wildman–Crippen LogP) is 2.83. The molecule has 4 rings (SSSR count). The number of aromatic nitrogens is 2. The van der Waals surface area contributed by atoms with E-state index in [-0.39, 0.29) is 5.97 Å². The first kappa shape index (κ1) is 13.2. The summed E-state index contributed by atoms with van der Waals surface area (Å²) in [6.45, 7) is 0.841. The third-order valence-corrected chi connectivity index (χ3v) is 4.30. The number of esters is 1. The van der Waals surface area contributed by atoms with Crippen molar-refractivity contribution in [2.75, 3.05) is 18.6 Å². The fraction of sp³-hybridized carbons (Fsp3) is 0.353. The molecule has 0 spiro atoms. The van der Waals surface area contributed by atoms with Crippen LogP contribution in [0.4, 0.5) is 11.6 Å². The van der Waals surface area contributed by atoms with Crippen LogP contribution in [0.15, 0.2) is 30.5 Å². The van der Waals surface area contributed by atoms with E-state index < -0.39 is 0 Å². The topological polar surface area (TPSA) is 55.3 Å². The first-order chi connectivity index (χ1) is 10.8. The van der Waals surface area contributed by atoms with Crippen LogP contribution >= 0.6 is 0 Å². The van der Waals surface area contributed by atoms with Crippen molar-refractivity contribution < 1.29 is 9.53 Å². The first-order valence-electron chi connectivity index (χ1n) is 7.58. The van der Waals surface area contributed by atoms with Crippen LogP contribution in [0.5, 0.6) is 0 Å². The monoisotopic (exact) mass is 295 g/mol. The number of hydrogen-bond donors (Lipinski definition) is 0. The third kappa shape index (κ3) is 2.22. The highest BCUT2D eigenvalue weighted by atomic mass is 16.5. The maximum Gasteiger partial charge on any atom is 0.337 e. The van der Waals surface area contributed by atoms with Crippen molar-refractivity contribution in [3.8, 4) is 0 Å². The van der Waals surface area contributed by atoms with Crippen LogP contribution in [-0.4, -0.2) is 29.6 Å². The summed E-state index contributed by atoms with van der Waals surface area (Å²) in [6.07, 6.45) is 5.19. The lowest BCUT2D eigenvalue weighted by Gasteiger charge is -2.17. The summed E-state index contributed by atoms with van der Waals surface area (Å²) in [7, 11) is 1.40. The second-order valence-corrected chi connectivity index (χ2v) is 5.79. The van der Waals surface area contributed by atoms with Crippen LogP contribution in [0.25, 0.3) is 0 Å². The Bertz CT molecular complexity index is 740. The van der Waals surface area contributed by atoms with E-state index in [9.17, 15) is 4.79 Å². The molecular formula is C17H17N3O2. The number of fused-ring (bicyclic) bond motifs is 1. The number of carbonyl (C=O) groups is 1. The van der Waals surface area contributed by atoms with Gasteiger partial charge in [-0.2, -0.15) is 0 Å². The van der Waals surface area contributed by atoms with Crippen molar-refractivity contribution in [2.45, 2.75) is 25.2 Å². The summed E-state index contributed by atoms with van der Waals surface area (Å²) >= 11 is 0. The van der Waals surface area contributed by atoms with Gasteiger partial charge < -0.3 is 9.64 Å². The van der Waals surface area contributed by atoms with Gasteiger partial charge in [-0.15, -0.1) is 0 Å². The number of carbonyl (C=O) groups excluding carboxylic acids is 1. The summed E-state index contributed by atoms with van der Waals surface area (Å²) < 4.78 is 4.78. The number of hydrogen-bond acceptors (Lipinski definition) is 5. The smallest absolute Gasteiger partial charge is 0.337 e. The molecule has 2 aromatic rings. The van der Waals surface area contributed by atoms with Crippen molar-refractivity contribution in [2.24, 2.45) is 0 Å². The highest BCUT2D eigenvalue weighted by Crippen LogP contribution is 2.40. The molecule has 1 aromatic heterocycles. The molecule has 1 aliphatic heterocycles. The van der Waals surface area contributed by atoms with E-state index in [1.54, 1.807) is 6.07 Å². The van der Waals surface area contributed by atoms with Gasteiger partial charge in [0.1, 0.15) is 0 Å². The lowest BCUT2D eigenvalue weighted by molar-refractivity contribution is 0.0600. The summed E-state index contributed by atoms with van der Waals surface area (Å²) in [4.78, 5) is 22.9. The zero-order chi connectivity index (χ0) is 15.1. The van der Waals surface area contributed by atoms with Gasteiger partial charge in [-0.1, -0.05) is 0 Å². The Kier molecular flexibility index (Phi) is 3.06. The van der Waals surface area contributed by atoms with Gasteiger partial charge in [-0.3, -0.25) is 0 Å². The van der Waals surface area contributed by atoms with Gasteiger partial charge >= 0.3 is 5.97 Å². The van der Waals surface area contributed by atoms with Crippen LogP contribution in [0.3, 0.4) is 0 Å². The third-order valence-electron chi connectivity index (χ3n) is 4.30. The summed E-state index contributed by atoms with van der Waals surface area (Å²) in [6, 6.07) is 7.68. The standard InChI is InChI=1S/C17H17N3O2/c1-22-16(21)13-4-5-15-12(10-13)7-9-20(15)17-18-8-6-14(19-17)11-2-3-11/h4-6,8,10-11H,2-3,7,9H2,1H3. The average Bonchev–Trinajstić information content (AvgIpc) is 3.33. The Morgan fingerprint density at radius 3 is 2.95 bits per heavy atom. The quantitative estimate of drug-likeness (QED) is 0.815. The number of methoxy groups -OCH3 is 1. The molecule has 0 bridgehead atoms. The highest BCUT2D eigenvalue weighted by molar-refractivity contribution is 5.90. The molecule has 1 fully saturated rings. The van der Waals surface area contributed by atoms with Gasteiger partial charge in [0, 0.05) is 30.0 Å². The molecule has 0 radical (unpaired) electrons. The number of anilines is 2. The number of ether oxygens (including phenoxy) is 1. The van der Waals surface area contributed by atoms with Crippen molar-refractivity contribution >= 4 is 17.6 Å². The molecule has 1 saturated carbocycles. The molecule has 0 N–H and O–H groups in total. The SMILES string of the molecule is COC(=O)c1ccc2c(c1)CCN2c1nccc(C2CC2)n1. The lowest BCUT2D eigenvalue weighted by Crippen LogP contribution is -2.16. The van der Waals surface area contributed by atoms with E-state index in [0.29, 0.717) is 11.5 Å². The minimum Gasteiger partial charge on any atom is -0.465 e. The van der Waals surface area contributed by atoms with E-state index in [1.165, 1.54) is 20.0 Å². The Balaban J connectivity index is 1.67. The van der Waals surface area contributed by atoms with Gasteiger partial charge in [-0.25, -0.2) is 14.8 Å². The maximum atomic E-state index is 11.6. The molecule has 0 unspecified atom stereocenters. The Labute approximate surface area is 129 Å². The van der Waals surface area contributed by atoms with Crippen molar-refractivity contribution in [3.63, 3.8) is 0 Å². The van der Waals surface area contributed by atoms with Crippen LogP contribution in [-0.2, 0) is 11.2 Å². The molecular weight excluding hydrogens is 278 g/mol. The molecule has 1 aromatic carbocycles. The van der Waals surface area contributed by atoms with Gasteiger partial charge in [0.25, 0.3) is 0 Å².